The number of esters is 1. The van der Waals surface area contributed by atoms with Crippen molar-refractivity contribution in [3.63, 3.8) is 0 Å². The van der Waals surface area contributed by atoms with Crippen molar-refractivity contribution in [1.29, 1.82) is 0 Å². The van der Waals surface area contributed by atoms with Gasteiger partial charge < -0.3 is 24.3 Å². The zero-order chi connectivity index (χ0) is 24.0. The first kappa shape index (κ1) is 23.6. The summed E-state index contributed by atoms with van der Waals surface area (Å²) in [5, 5.41) is 2.86. The minimum absolute atomic E-state index is 0.119. The van der Waals surface area contributed by atoms with Crippen molar-refractivity contribution in [3.05, 3.63) is 35.9 Å². The SMILES string of the molecule is C[C@H]1C[C@H](CNC(=O)OCc2ccccc2)O[C@]2(CC[C@@]3(C)[C@@]4(C)CCC[C@]3(OC(=O)C4)O2)C1. The Labute approximate surface area is 201 Å². The van der Waals surface area contributed by atoms with E-state index < -0.39 is 17.7 Å². The lowest BCUT2D eigenvalue weighted by atomic mass is 9.49. The zero-order valence-corrected chi connectivity index (χ0v) is 20.6. The molecule has 2 bridgehead atoms. The topological polar surface area (TPSA) is 83.1 Å². The van der Waals surface area contributed by atoms with Crippen molar-refractivity contribution in [3.8, 4) is 0 Å². The molecule has 186 valence electrons. The van der Waals surface area contributed by atoms with Gasteiger partial charge in [-0.15, -0.1) is 0 Å². The number of rotatable bonds is 4. The Morgan fingerprint density at radius 1 is 1.15 bits per heavy atom. The van der Waals surface area contributed by atoms with E-state index in [1.54, 1.807) is 0 Å². The van der Waals surface area contributed by atoms with Gasteiger partial charge in [-0.1, -0.05) is 51.1 Å². The van der Waals surface area contributed by atoms with Crippen molar-refractivity contribution >= 4 is 12.1 Å². The van der Waals surface area contributed by atoms with Crippen LogP contribution in [0.3, 0.4) is 0 Å². The summed E-state index contributed by atoms with van der Waals surface area (Å²) in [5.41, 5.74) is 0.598. The van der Waals surface area contributed by atoms with E-state index in [0.717, 1.165) is 44.1 Å². The van der Waals surface area contributed by atoms with Gasteiger partial charge in [0.2, 0.25) is 5.79 Å². The number of carbonyl (C=O) groups is 2. The van der Waals surface area contributed by atoms with E-state index in [9.17, 15) is 9.59 Å². The number of hydrogen-bond donors (Lipinski definition) is 1. The number of ether oxygens (including phenoxy) is 4. The minimum Gasteiger partial charge on any atom is -0.445 e. The maximum atomic E-state index is 12.6. The third-order valence-corrected chi connectivity index (χ3v) is 8.97. The van der Waals surface area contributed by atoms with Gasteiger partial charge >= 0.3 is 12.1 Å². The highest BCUT2D eigenvalue weighted by Gasteiger charge is 2.71. The summed E-state index contributed by atoms with van der Waals surface area (Å²) in [6, 6.07) is 9.61. The average Bonchev–Trinajstić information content (AvgIpc) is 2.77. The molecule has 5 rings (SSSR count). The Bertz CT molecular complexity index is 938. The Morgan fingerprint density at radius 2 is 1.94 bits per heavy atom. The lowest BCUT2D eigenvalue weighted by molar-refractivity contribution is -0.453. The minimum atomic E-state index is -0.933. The smallest absolute Gasteiger partial charge is 0.407 e. The van der Waals surface area contributed by atoms with Crippen LogP contribution in [0.25, 0.3) is 0 Å². The van der Waals surface area contributed by atoms with Crippen LogP contribution in [0.2, 0.25) is 0 Å². The maximum Gasteiger partial charge on any atom is 0.407 e. The fraction of sp³-hybridized carbons (Fsp3) is 0.704. The van der Waals surface area contributed by atoms with Gasteiger partial charge in [0.1, 0.15) is 6.61 Å². The summed E-state index contributed by atoms with van der Waals surface area (Å²) in [6.07, 6.45) is 5.74. The molecule has 1 N–H and O–H groups in total. The summed E-state index contributed by atoms with van der Waals surface area (Å²) < 4.78 is 24.8. The third kappa shape index (κ3) is 4.01. The maximum absolute atomic E-state index is 12.6. The highest BCUT2D eigenvalue weighted by atomic mass is 16.8. The first-order valence-electron chi connectivity index (χ1n) is 12.7. The molecule has 3 aliphatic heterocycles. The largest absolute Gasteiger partial charge is 0.445 e. The van der Waals surface area contributed by atoms with E-state index in [1.807, 2.05) is 30.3 Å². The number of nitrogens with one attached hydrogen (secondary N) is 1. The van der Waals surface area contributed by atoms with Crippen LogP contribution in [0.15, 0.2) is 30.3 Å². The van der Waals surface area contributed by atoms with Gasteiger partial charge in [0.25, 0.3) is 0 Å². The van der Waals surface area contributed by atoms with Crippen LogP contribution in [0.5, 0.6) is 0 Å². The molecule has 0 unspecified atom stereocenters. The molecule has 1 amide bonds. The number of amides is 1. The van der Waals surface area contributed by atoms with Crippen molar-refractivity contribution < 1.29 is 28.5 Å². The lowest BCUT2D eigenvalue weighted by Gasteiger charge is -2.67. The molecule has 1 aliphatic carbocycles. The van der Waals surface area contributed by atoms with Gasteiger partial charge in [0.15, 0.2) is 5.79 Å². The fourth-order valence-corrected chi connectivity index (χ4v) is 6.96. The van der Waals surface area contributed by atoms with Gasteiger partial charge in [0.05, 0.1) is 12.5 Å². The molecular formula is C27H37NO6. The summed E-state index contributed by atoms with van der Waals surface area (Å²) in [5.74, 6) is -1.54. The molecule has 4 aliphatic rings. The third-order valence-electron chi connectivity index (χ3n) is 8.97. The molecule has 0 radical (unpaired) electrons. The van der Waals surface area contributed by atoms with Crippen LogP contribution < -0.4 is 5.32 Å². The Kier molecular flexibility index (Phi) is 5.92. The quantitative estimate of drug-likeness (QED) is 0.617. The second-order valence-corrected chi connectivity index (χ2v) is 11.4. The molecule has 7 nitrogen and oxygen atoms in total. The Morgan fingerprint density at radius 3 is 2.74 bits per heavy atom. The van der Waals surface area contributed by atoms with Crippen molar-refractivity contribution in [2.75, 3.05) is 6.54 Å². The molecule has 4 fully saturated rings. The predicted octanol–water partition coefficient (Wildman–Crippen LogP) is 5.07. The first-order valence-corrected chi connectivity index (χ1v) is 12.7. The average molecular weight is 472 g/mol. The molecule has 1 aromatic rings. The zero-order valence-electron chi connectivity index (χ0n) is 20.6. The molecule has 0 aromatic heterocycles. The molecule has 3 heterocycles. The second-order valence-electron chi connectivity index (χ2n) is 11.4. The van der Waals surface area contributed by atoms with E-state index >= 15 is 0 Å². The van der Waals surface area contributed by atoms with Crippen molar-refractivity contribution in [1.82, 2.24) is 5.32 Å². The molecule has 34 heavy (non-hydrogen) atoms. The van der Waals surface area contributed by atoms with E-state index in [-0.39, 0.29) is 29.5 Å². The fourth-order valence-electron chi connectivity index (χ4n) is 6.96. The molecule has 1 saturated carbocycles. The molecule has 1 aromatic carbocycles. The second kappa shape index (κ2) is 8.52. The van der Waals surface area contributed by atoms with Gasteiger partial charge in [-0.05, 0) is 42.6 Å². The van der Waals surface area contributed by atoms with Gasteiger partial charge in [-0.3, -0.25) is 4.79 Å². The number of benzene rings is 1. The summed E-state index contributed by atoms with van der Waals surface area (Å²) in [7, 11) is 0. The summed E-state index contributed by atoms with van der Waals surface area (Å²) in [6.45, 7) is 7.23. The highest BCUT2D eigenvalue weighted by Crippen LogP contribution is 2.68. The normalized spacial score (nSPS) is 41.3. The predicted molar refractivity (Wildman–Crippen MR) is 124 cm³/mol. The van der Waals surface area contributed by atoms with E-state index in [2.05, 4.69) is 26.1 Å². The van der Waals surface area contributed by atoms with E-state index in [0.29, 0.717) is 25.3 Å². The molecule has 3 saturated heterocycles. The molecule has 7 heteroatoms. The molecule has 6 atom stereocenters. The Hall–Kier alpha value is -2.12. The van der Waals surface area contributed by atoms with Crippen LogP contribution in [0.4, 0.5) is 4.79 Å². The molecule has 1 spiro atoms. The summed E-state index contributed by atoms with van der Waals surface area (Å²) >= 11 is 0. The highest BCUT2D eigenvalue weighted by molar-refractivity contribution is 5.72. The van der Waals surface area contributed by atoms with Crippen LogP contribution in [-0.4, -0.2) is 36.3 Å². The molecular weight excluding hydrogens is 434 g/mol. The first-order chi connectivity index (χ1) is 16.2. The number of carbonyl (C=O) groups excluding carboxylic acids is 2. The van der Waals surface area contributed by atoms with Gasteiger partial charge in [-0.25, -0.2) is 4.79 Å². The van der Waals surface area contributed by atoms with Gasteiger partial charge in [-0.2, -0.15) is 0 Å². The van der Waals surface area contributed by atoms with E-state index in [1.165, 1.54) is 0 Å². The number of alkyl carbamates (subject to hydrolysis) is 1. The summed E-state index contributed by atoms with van der Waals surface area (Å²) in [4.78, 5) is 24.9. The van der Waals surface area contributed by atoms with Crippen LogP contribution >= 0.6 is 0 Å². The van der Waals surface area contributed by atoms with Crippen LogP contribution in [0.1, 0.15) is 77.7 Å². The standard InChI is InChI=1S/C27H37NO6/c1-19-14-21(17-28-23(30)31-18-20-8-5-4-6-9-20)32-26(15-19)13-12-25(3)24(2)10-7-11-27(25,34-26)33-22(29)16-24/h4-6,8-9,19,21H,7,10-18H2,1-3H3,(H,28,30)/t19-,21+,24-,25-,26-,27-/m0/s1. The van der Waals surface area contributed by atoms with Gasteiger partial charge in [0, 0.05) is 31.2 Å². The van der Waals surface area contributed by atoms with Crippen molar-refractivity contribution in [2.45, 2.75) is 96.4 Å². The Balaban J connectivity index is 1.25. The lowest BCUT2D eigenvalue weighted by Crippen LogP contribution is -2.71. The van der Waals surface area contributed by atoms with Crippen LogP contribution in [-0.2, 0) is 30.3 Å². The van der Waals surface area contributed by atoms with E-state index in [4.69, 9.17) is 18.9 Å². The number of hydrogen-bond acceptors (Lipinski definition) is 6. The van der Waals surface area contributed by atoms with Crippen molar-refractivity contribution in [2.24, 2.45) is 16.7 Å². The monoisotopic (exact) mass is 471 g/mol. The van der Waals surface area contributed by atoms with Crippen LogP contribution in [0, 0.1) is 16.7 Å².